The summed E-state index contributed by atoms with van der Waals surface area (Å²) in [7, 11) is 3.87. The Morgan fingerprint density at radius 2 is 1.66 bits per heavy atom. The molecule has 3 aliphatic rings. The third-order valence-corrected chi connectivity index (χ3v) is 8.97. The summed E-state index contributed by atoms with van der Waals surface area (Å²) in [4.78, 5) is 67.0. The van der Waals surface area contributed by atoms with E-state index in [-0.39, 0.29) is 35.9 Å². The van der Waals surface area contributed by atoms with Gasteiger partial charge in [-0.15, -0.1) is 0 Å². The molecular formula is C36H40N4O7. The van der Waals surface area contributed by atoms with Crippen LogP contribution in [0.4, 0.5) is 5.69 Å². The van der Waals surface area contributed by atoms with Crippen molar-refractivity contribution in [2.45, 2.75) is 25.2 Å². The van der Waals surface area contributed by atoms with E-state index in [1.54, 1.807) is 28.0 Å². The number of carbonyl (C=O) groups is 5. The highest BCUT2D eigenvalue weighted by molar-refractivity contribution is 6.05. The van der Waals surface area contributed by atoms with E-state index in [0.717, 1.165) is 16.8 Å². The summed E-state index contributed by atoms with van der Waals surface area (Å²) in [5.74, 6) is -0.194. The first-order valence-corrected chi connectivity index (χ1v) is 15.8. The van der Waals surface area contributed by atoms with E-state index in [2.05, 4.69) is 5.32 Å². The van der Waals surface area contributed by atoms with Crippen LogP contribution in [-0.2, 0) is 16.0 Å². The maximum Gasteiger partial charge on any atom is 0.290 e. The topological polar surface area (TPSA) is 137 Å². The maximum atomic E-state index is 13.7. The molecule has 0 radical (unpaired) electrons. The number of nitrogens with zero attached hydrogens (tertiary/aromatic N) is 3. The number of likely N-dealkylation sites (tertiary alicyclic amines) is 1. The normalized spacial score (nSPS) is 19.2. The Labute approximate surface area is 274 Å². The zero-order valence-electron chi connectivity index (χ0n) is 26.7. The minimum Gasteiger partial charge on any atom is -0.492 e. The van der Waals surface area contributed by atoms with Crippen molar-refractivity contribution in [1.29, 1.82) is 0 Å². The molecule has 246 valence electrons. The monoisotopic (exact) mass is 640 g/mol. The van der Waals surface area contributed by atoms with Crippen LogP contribution in [-0.4, -0.2) is 98.3 Å². The van der Waals surface area contributed by atoms with Gasteiger partial charge in [-0.3, -0.25) is 24.0 Å². The lowest BCUT2D eigenvalue weighted by atomic mass is 9.88. The van der Waals surface area contributed by atoms with Crippen molar-refractivity contribution < 1.29 is 33.8 Å². The third-order valence-electron chi connectivity index (χ3n) is 8.97. The second kappa shape index (κ2) is 14.9. The van der Waals surface area contributed by atoms with Crippen molar-refractivity contribution in [3.63, 3.8) is 0 Å². The molecule has 1 fully saturated rings. The first kappa shape index (κ1) is 33.2. The number of Topliss-reactive ketones (excluding diaryl/α,β-unsaturated/α-hetero) is 1. The number of carbonyl (C=O) groups excluding carboxylic acids is 4. The van der Waals surface area contributed by atoms with E-state index in [0.29, 0.717) is 81.0 Å². The third kappa shape index (κ3) is 7.45. The van der Waals surface area contributed by atoms with Crippen LogP contribution in [0.2, 0.25) is 0 Å². The number of hydrogen-bond acceptors (Lipinski definition) is 7. The molecule has 2 aliphatic heterocycles. The summed E-state index contributed by atoms with van der Waals surface area (Å²) in [6.07, 6.45) is 1.57. The predicted octanol–water partition coefficient (Wildman–Crippen LogP) is 3.48. The predicted molar refractivity (Wildman–Crippen MR) is 176 cm³/mol. The van der Waals surface area contributed by atoms with Gasteiger partial charge in [0, 0.05) is 75.0 Å². The molecule has 2 atom stereocenters. The number of carboxylic acid groups (broad SMARTS) is 1. The molecule has 0 saturated carbocycles. The van der Waals surface area contributed by atoms with Crippen LogP contribution in [0, 0.1) is 5.92 Å². The first-order valence-electron chi connectivity index (χ1n) is 15.8. The van der Waals surface area contributed by atoms with Crippen LogP contribution >= 0.6 is 0 Å². The van der Waals surface area contributed by atoms with Crippen molar-refractivity contribution in [1.82, 2.24) is 15.1 Å². The standard InChI is InChI=1S/C35H38N4O5.CH2O2/c1-37(2)25-9-3-8-24(19-25)34(42)39-21-30-23-7-4-10-26(20-23)44-18-17-38(16-6-15-36-33(41)31(30)22-39)35(43)29-12-5-11-28-27(29)13-14-32(28)40;2-1-3/h3-5,7-12,19-20,30-31H,6,13-18,21-22H2,1-2H3,(H,36,41);1H,(H,2,3)/t30-,31+;/m1./s1. The maximum absolute atomic E-state index is 13.7. The minimum atomic E-state index is -0.420. The van der Waals surface area contributed by atoms with E-state index in [9.17, 15) is 19.2 Å². The lowest BCUT2D eigenvalue weighted by Gasteiger charge is -2.25. The second-order valence-corrected chi connectivity index (χ2v) is 12.1. The molecule has 0 spiro atoms. The van der Waals surface area contributed by atoms with Crippen LogP contribution in [0.25, 0.3) is 0 Å². The van der Waals surface area contributed by atoms with Crippen molar-refractivity contribution >= 4 is 35.7 Å². The van der Waals surface area contributed by atoms with Crippen molar-refractivity contribution in [2.24, 2.45) is 5.92 Å². The molecule has 2 bridgehead atoms. The Hall–Kier alpha value is -5.19. The largest absolute Gasteiger partial charge is 0.492 e. The first-order chi connectivity index (χ1) is 22.7. The van der Waals surface area contributed by atoms with Crippen molar-refractivity contribution in [3.05, 3.63) is 94.5 Å². The average molecular weight is 641 g/mol. The molecule has 47 heavy (non-hydrogen) atoms. The number of anilines is 1. The number of fused-ring (bicyclic) bond motifs is 5. The Kier molecular flexibility index (Phi) is 10.5. The zero-order valence-corrected chi connectivity index (χ0v) is 26.7. The molecule has 3 aromatic rings. The Morgan fingerprint density at radius 3 is 2.45 bits per heavy atom. The van der Waals surface area contributed by atoms with E-state index in [1.807, 2.05) is 67.5 Å². The molecule has 3 aromatic carbocycles. The molecule has 2 N–H and O–H groups in total. The molecule has 3 amide bonds. The SMILES string of the molecule is CN(C)c1cccc(C(=O)N2C[C@@H]3C(=O)NCCCN(C(=O)c4cccc5c4CCC5=O)CCOc4cccc(c4)[C@H]3C2)c1.O=CO. The van der Waals surface area contributed by atoms with Gasteiger partial charge in [-0.1, -0.05) is 30.3 Å². The van der Waals surface area contributed by atoms with E-state index in [4.69, 9.17) is 14.6 Å². The van der Waals surface area contributed by atoms with Gasteiger partial charge in [-0.05, 0) is 60.4 Å². The number of amides is 3. The second-order valence-electron chi connectivity index (χ2n) is 12.1. The summed E-state index contributed by atoms with van der Waals surface area (Å²) in [6.45, 7) is 2.00. The molecule has 1 saturated heterocycles. The molecule has 0 aromatic heterocycles. The molecule has 11 heteroatoms. The van der Waals surface area contributed by atoms with Gasteiger partial charge in [-0.2, -0.15) is 0 Å². The van der Waals surface area contributed by atoms with Gasteiger partial charge in [0.2, 0.25) is 5.91 Å². The molecule has 11 nitrogen and oxygen atoms in total. The van der Waals surface area contributed by atoms with Gasteiger partial charge in [0.25, 0.3) is 18.3 Å². The van der Waals surface area contributed by atoms with Gasteiger partial charge >= 0.3 is 0 Å². The number of hydrogen-bond donors (Lipinski definition) is 2. The number of nitrogens with one attached hydrogen (secondary N) is 1. The zero-order chi connectivity index (χ0) is 33.5. The molecule has 6 rings (SSSR count). The highest BCUT2D eigenvalue weighted by atomic mass is 16.5. The summed E-state index contributed by atoms with van der Waals surface area (Å²) in [5.41, 5.74) is 4.50. The fourth-order valence-electron chi connectivity index (χ4n) is 6.57. The Bertz CT molecular complexity index is 1660. The number of benzene rings is 3. The van der Waals surface area contributed by atoms with Crippen LogP contribution in [0.15, 0.2) is 66.7 Å². The molecular weight excluding hydrogens is 600 g/mol. The van der Waals surface area contributed by atoms with Crippen LogP contribution < -0.4 is 15.0 Å². The van der Waals surface area contributed by atoms with Crippen LogP contribution in [0.5, 0.6) is 5.75 Å². The van der Waals surface area contributed by atoms with Gasteiger partial charge < -0.3 is 29.9 Å². The van der Waals surface area contributed by atoms with Crippen molar-refractivity contribution in [3.8, 4) is 5.75 Å². The minimum absolute atomic E-state index is 0.0779. The number of ketones is 1. The average Bonchev–Trinajstić information content (AvgIpc) is 3.70. The van der Waals surface area contributed by atoms with Crippen molar-refractivity contribution in [2.75, 3.05) is 58.3 Å². The van der Waals surface area contributed by atoms with Gasteiger partial charge in [0.1, 0.15) is 12.4 Å². The molecule has 2 heterocycles. The summed E-state index contributed by atoms with van der Waals surface area (Å²) in [6, 6.07) is 20.6. The van der Waals surface area contributed by atoms with Gasteiger partial charge in [0.05, 0.1) is 12.5 Å². The fraction of sp³-hybridized carbons (Fsp3) is 0.361. The highest BCUT2D eigenvalue weighted by Gasteiger charge is 2.41. The summed E-state index contributed by atoms with van der Waals surface area (Å²) in [5, 5.41) is 9.98. The van der Waals surface area contributed by atoms with Gasteiger partial charge in [-0.25, -0.2) is 0 Å². The lowest BCUT2D eigenvalue weighted by Crippen LogP contribution is -2.39. The highest BCUT2D eigenvalue weighted by Crippen LogP contribution is 2.35. The van der Waals surface area contributed by atoms with Crippen LogP contribution in [0.1, 0.15) is 61.0 Å². The fourth-order valence-corrected chi connectivity index (χ4v) is 6.57. The Balaban J connectivity index is 0.00000139. The van der Waals surface area contributed by atoms with Crippen LogP contribution in [0.3, 0.4) is 0 Å². The van der Waals surface area contributed by atoms with E-state index in [1.165, 1.54) is 0 Å². The smallest absolute Gasteiger partial charge is 0.290 e. The lowest BCUT2D eigenvalue weighted by molar-refractivity contribution is -0.125. The summed E-state index contributed by atoms with van der Waals surface area (Å²) < 4.78 is 6.14. The summed E-state index contributed by atoms with van der Waals surface area (Å²) >= 11 is 0. The Morgan fingerprint density at radius 1 is 0.915 bits per heavy atom. The number of ether oxygens (including phenoxy) is 1. The molecule has 1 aliphatic carbocycles. The van der Waals surface area contributed by atoms with E-state index >= 15 is 0 Å². The quantitative estimate of drug-likeness (QED) is 0.416. The number of rotatable bonds is 3. The molecule has 0 unspecified atom stereocenters. The van der Waals surface area contributed by atoms with E-state index < -0.39 is 5.92 Å². The van der Waals surface area contributed by atoms with Gasteiger partial charge in [0.15, 0.2) is 5.78 Å².